The Balaban J connectivity index is 1.70. The fourth-order valence-electron chi connectivity index (χ4n) is 3.92. The fourth-order valence-corrected chi connectivity index (χ4v) is 5.54. The Morgan fingerprint density at radius 2 is 1.90 bits per heavy atom. The van der Waals surface area contributed by atoms with E-state index in [1.54, 1.807) is 6.07 Å². The number of amides is 1. The van der Waals surface area contributed by atoms with Crippen LogP contribution in [-0.2, 0) is 19.1 Å². The maximum Gasteiger partial charge on any atom is 0.339 e. The molecule has 3 atom stereocenters. The molecule has 2 aromatic rings. The first-order valence-electron chi connectivity index (χ1n) is 9.18. The van der Waals surface area contributed by atoms with E-state index >= 15 is 0 Å². The molecule has 3 heterocycles. The number of hydrogen-bond donors (Lipinski definition) is 1. The van der Waals surface area contributed by atoms with Gasteiger partial charge in [0.05, 0.1) is 25.5 Å². The van der Waals surface area contributed by atoms with E-state index in [0.29, 0.717) is 11.1 Å². The van der Waals surface area contributed by atoms with Crippen molar-refractivity contribution >= 4 is 46.3 Å². The number of carbonyl (C=O) groups is 3. The minimum absolute atomic E-state index is 0.205. The molecule has 4 rings (SSSR count). The molecule has 158 valence electrons. The first-order valence-corrected chi connectivity index (χ1v) is 10.1. The first kappa shape index (κ1) is 20.3. The molecular weight excluding hydrogens is 412 g/mol. The van der Waals surface area contributed by atoms with Crippen molar-refractivity contribution < 1.29 is 28.3 Å². The highest BCUT2D eigenvalue weighted by atomic mass is 32.2. The summed E-state index contributed by atoms with van der Waals surface area (Å²) in [4.78, 5) is 50.5. The molecule has 2 aliphatic rings. The van der Waals surface area contributed by atoms with E-state index in [1.807, 2.05) is 13.8 Å². The number of rotatable bonds is 4. The Hall–Kier alpha value is -3.01. The number of anilines is 1. The molecule has 0 spiro atoms. The van der Waals surface area contributed by atoms with Crippen molar-refractivity contribution in [1.82, 2.24) is 4.90 Å². The van der Waals surface area contributed by atoms with Crippen LogP contribution in [0.15, 0.2) is 33.5 Å². The predicted molar refractivity (Wildman–Crippen MR) is 109 cm³/mol. The van der Waals surface area contributed by atoms with Crippen LogP contribution in [0.4, 0.5) is 5.69 Å². The van der Waals surface area contributed by atoms with Crippen LogP contribution in [0.1, 0.15) is 24.2 Å². The fraction of sp³-hybridized carbons (Fsp3) is 0.400. The first-order chi connectivity index (χ1) is 14.2. The van der Waals surface area contributed by atoms with Gasteiger partial charge in [0.25, 0.3) is 0 Å². The molecule has 10 heteroatoms. The maximum atomic E-state index is 12.9. The molecule has 0 radical (unpaired) electrons. The van der Waals surface area contributed by atoms with Crippen molar-refractivity contribution in [1.29, 1.82) is 0 Å². The Bertz CT molecular complexity index is 1130. The van der Waals surface area contributed by atoms with Gasteiger partial charge in [-0.2, -0.15) is 0 Å². The topological polar surface area (TPSA) is 115 Å². The summed E-state index contributed by atoms with van der Waals surface area (Å²) >= 11 is 1.48. The Labute approximate surface area is 175 Å². The molecule has 1 N–H and O–H groups in total. The van der Waals surface area contributed by atoms with Crippen molar-refractivity contribution in [2.24, 2.45) is 0 Å². The standard InChI is InChI=1S/C20H20N2O7S/c1-20(2)15(19(26)28-4)22-16(24)14(17(22)30-20)21-11-8-12-9(5-6-13(23)29-12)7-10(11)18(25)27-3/h5-8,14-15,17,21H,1-4H3/t14-,15+,17-/m0/s1. The summed E-state index contributed by atoms with van der Waals surface area (Å²) in [6, 6.07) is 4.48. The summed E-state index contributed by atoms with van der Waals surface area (Å²) in [5.74, 6) is -1.34. The van der Waals surface area contributed by atoms with E-state index in [1.165, 1.54) is 49.1 Å². The number of methoxy groups -OCH3 is 2. The number of thioether (sulfide) groups is 1. The second-order valence-electron chi connectivity index (χ2n) is 7.59. The van der Waals surface area contributed by atoms with Gasteiger partial charge < -0.3 is 24.1 Å². The quantitative estimate of drug-likeness (QED) is 0.437. The van der Waals surface area contributed by atoms with Gasteiger partial charge in [0.1, 0.15) is 23.0 Å². The van der Waals surface area contributed by atoms with E-state index in [9.17, 15) is 19.2 Å². The number of benzene rings is 1. The van der Waals surface area contributed by atoms with Crippen molar-refractivity contribution in [3.63, 3.8) is 0 Å². The monoisotopic (exact) mass is 432 g/mol. The zero-order valence-corrected chi connectivity index (χ0v) is 17.6. The third-order valence-corrected chi connectivity index (χ3v) is 6.91. The molecule has 9 nitrogen and oxygen atoms in total. The number of nitrogens with one attached hydrogen (secondary N) is 1. The third-order valence-electron chi connectivity index (χ3n) is 5.34. The molecule has 1 aromatic carbocycles. The average Bonchev–Trinajstić information content (AvgIpc) is 2.97. The minimum atomic E-state index is -0.697. The van der Waals surface area contributed by atoms with Gasteiger partial charge in [0, 0.05) is 22.3 Å². The van der Waals surface area contributed by atoms with Gasteiger partial charge in [-0.25, -0.2) is 14.4 Å². The van der Waals surface area contributed by atoms with Crippen molar-refractivity contribution in [2.45, 2.75) is 36.1 Å². The van der Waals surface area contributed by atoms with Gasteiger partial charge in [0.2, 0.25) is 5.91 Å². The predicted octanol–water partition coefficient (Wildman–Crippen LogP) is 1.60. The molecule has 30 heavy (non-hydrogen) atoms. The SMILES string of the molecule is COC(=O)c1cc2ccc(=O)oc2cc1N[C@H]1C(=O)N2[C@H]1SC(C)(C)[C@H]2C(=O)OC. The van der Waals surface area contributed by atoms with Crippen LogP contribution in [-0.4, -0.2) is 59.2 Å². The second-order valence-corrected chi connectivity index (χ2v) is 9.36. The normalized spacial score (nSPS) is 24.2. The third kappa shape index (κ3) is 3.02. The number of esters is 2. The largest absolute Gasteiger partial charge is 0.467 e. The zero-order chi connectivity index (χ0) is 21.8. The number of fused-ring (bicyclic) bond motifs is 2. The van der Waals surface area contributed by atoms with Crippen LogP contribution >= 0.6 is 11.8 Å². The van der Waals surface area contributed by atoms with Gasteiger partial charge >= 0.3 is 17.6 Å². The van der Waals surface area contributed by atoms with E-state index in [2.05, 4.69) is 5.32 Å². The van der Waals surface area contributed by atoms with Crippen LogP contribution in [0, 0.1) is 0 Å². The Morgan fingerprint density at radius 1 is 1.17 bits per heavy atom. The Morgan fingerprint density at radius 3 is 2.57 bits per heavy atom. The lowest BCUT2D eigenvalue weighted by Gasteiger charge is -2.44. The van der Waals surface area contributed by atoms with Gasteiger partial charge in [0.15, 0.2) is 0 Å². The summed E-state index contributed by atoms with van der Waals surface area (Å²) in [5.41, 5.74) is 0.255. The number of β-lactam (4-membered cyclic amide) rings is 1. The summed E-state index contributed by atoms with van der Waals surface area (Å²) in [6.45, 7) is 3.76. The van der Waals surface area contributed by atoms with E-state index < -0.39 is 34.4 Å². The summed E-state index contributed by atoms with van der Waals surface area (Å²) in [6.07, 6.45) is 0. The molecular formula is C20H20N2O7S. The molecule has 1 aromatic heterocycles. The summed E-state index contributed by atoms with van der Waals surface area (Å²) in [5, 5.41) is 3.31. The van der Waals surface area contributed by atoms with E-state index in [4.69, 9.17) is 13.9 Å². The lowest BCUT2D eigenvalue weighted by molar-refractivity contribution is -0.160. The van der Waals surface area contributed by atoms with Crippen LogP contribution < -0.4 is 10.9 Å². The second kappa shape index (κ2) is 7.05. The van der Waals surface area contributed by atoms with Gasteiger partial charge in [-0.3, -0.25) is 4.79 Å². The van der Waals surface area contributed by atoms with Crippen molar-refractivity contribution in [3.8, 4) is 0 Å². The smallest absolute Gasteiger partial charge is 0.339 e. The Kier molecular flexibility index (Phi) is 4.76. The molecule has 2 aliphatic heterocycles. The van der Waals surface area contributed by atoms with E-state index in [-0.39, 0.29) is 22.4 Å². The highest BCUT2D eigenvalue weighted by Gasteiger charge is 2.64. The highest BCUT2D eigenvalue weighted by molar-refractivity contribution is 8.01. The number of hydrogen-bond acceptors (Lipinski definition) is 9. The molecule has 0 aliphatic carbocycles. The maximum absolute atomic E-state index is 12.9. The van der Waals surface area contributed by atoms with Crippen molar-refractivity contribution in [3.05, 3.63) is 40.2 Å². The molecule has 0 saturated carbocycles. The van der Waals surface area contributed by atoms with Crippen LogP contribution in [0.5, 0.6) is 0 Å². The number of nitrogens with zero attached hydrogens (tertiary/aromatic N) is 1. The lowest BCUT2D eigenvalue weighted by atomic mass is 9.95. The summed E-state index contributed by atoms with van der Waals surface area (Å²) < 4.78 is 14.4. The molecule has 2 saturated heterocycles. The van der Waals surface area contributed by atoms with Gasteiger partial charge in [-0.05, 0) is 26.0 Å². The van der Waals surface area contributed by atoms with Crippen LogP contribution in [0.25, 0.3) is 11.0 Å². The molecule has 0 bridgehead atoms. The molecule has 2 fully saturated rings. The molecule has 0 unspecified atom stereocenters. The van der Waals surface area contributed by atoms with Crippen molar-refractivity contribution in [2.75, 3.05) is 19.5 Å². The van der Waals surface area contributed by atoms with Gasteiger partial charge in [-0.1, -0.05) is 0 Å². The average molecular weight is 432 g/mol. The minimum Gasteiger partial charge on any atom is -0.467 e. The van der Waals surface area contributed by atoms with E-state index in [0.717, 1.165) is 0 Å². The van der Waals surface area contributed by atoms with Gasteiger partial charge in [-0.15, -0.1) is 11.8 Å². The molecule has 1 amide bonds. The highest BCUT2D eigenvalue weighted by Crippen LogP contribution is 2.51. The van der Waals surface area contributed by atoms with Crippen LogP contribution in [0.3, 0.4) is 0 Å². The zero-order valence-electron chi connectivity index (χ0n) is 16.8. The lowest BCUT2D eigenvalue weighted by Crippen LogP contribution is -2.68. The number of carbonyl (C=O) groups excluding carboxylic acids is 3. The summed E-state index contributed by atoms with van der Waals surface area (Å²) in [7, 11) is 2.55. The van der Waals surface area contributed by atoms with Crippen LogP contribution in [0.2, 0.25) is 0 Å². The number of ether oxygens (including phenoxy) is 2.